The molecule has 0 spiro atoms. The molecule has 6 heteroatoms. The van der Waals surface area contributed by atoms with E-state index in [1.165, 1.54) is 0 Å². The Morgan fingerprint density at radius 2 is 2.04 bits per heavy atom. The number of aromatic amines is 1. The zero-order valence-corrected chi connectivity index (χ0v) is 13.2. The minimum Gasteiger partial charge on any atom is -0.497 e. The first-order chi connectivity index (χ1) is 11.7. The molecule has 0 aliphatic heterocycles. The average molecular weight is 323 g/mol. The van der Waals surface area contributed by atoms with E-state index in [0.717, 1.165) is 0 Å². The number of anilines is 1. The second kappa shape index (κ2) is 6.95. The van der Waals surface area contributed by atoms with Crippen LogP contribution in [0.15, 0.2) is 53.3 Å². The monoisotopic (exact) mass is 323 g/mol. The summed E-state index contributed by atoms with van der Waals surface area (Å²) in [5.74, 6) is 0.484. The Morgan fingerprint density at radius 3 is 2.88 bits per heavy atom. The first-order valence-electron chi connectivity index (χ1n) is 7.57. The molecule has 1 heterocycles. The topological polar surface area (TPSA) is 84.1 Å². The fourth-order valence-corrected chi connectivity index (χ4v) is 2.39. The number of para-hydroxylation sites is 2. The summed E-state index contributed by atoms with van der Waals surface area (Å²) in [5, 5.41) is 2.78. The lowest BCUT2D eigenvalue weighted by Crippen LogP contribution is -2.19. The van der Waals surface area contributed by atoms with Crippen LogP contribution in [0.3, 0.4) is 0 Å². The van der Waals surface area contributed by atoms with Gasteiger partial charge in [-0.1, -0.05) is 18.2 Å². The van der Waals surface area contributed by atoms with Gasteiger partial charge in [0.25, 0.3) is 5.56 Å². The van der Waals surface area contributed by atoms with E-state index in [-0.39, 0.29) is 24.3 Å². The van der Waals surface area contributed by atoms with E-state index in [0.29, 0.717) is 28.2 Å². The number of amides is 1. The molecule has 0 aliphatic rings. The number of carbonyl (C=O) groups is 1. The molecule has 0 atom stereocenters. The van der Waals surface area contributed by atoms with Crippen LogP contribution in [0.4, 0.5) is 5.69 Å². The van der Waals surface area contributed by atoms with Gasteiger partial charge in [0.05, 0.1) is 18.1 Å². The predicted octanol–water partition coefficient (Wildman–Crippen LogP) is 2.50. The average Bonchev–Trinajstić information content (AvgIpc) is 2.60. The van der Waals surface area contributed by atoms with Crippen LogP contribution in [0.25, 0.3) is 11.0 Å². The fourth-order valence-electron chi connectivity index (χ4n) is 2.39. The van der Waals surface area contributed by atoms with Crippen molar-refractivity contribution in [3.05, 3.63) is 64.6 Å². The van der Waals surface area contributed by atoms with Gasteiger partial charge in [-0.2, -0.15) is 0 Å². The van der Waals surface area contributed by atoms with Crippen LogP contribution in [0.1, 0.15) is 12.1 Å². The smallest absolute Gasteiger partial charge is 0.270 e. The standard InChI is InChI=1S/C18H17N3O3/c1-24-13-6-4-5-12(11-13)19-17(22)10-9-16-18(23)21-15-8-3-2-7-14(15)20-16/h2-8,11H,9-10H2,1H3,(H,19,22)(H,21,23). The van der Waals surface area contributed by atoms with E-state index < -0.39 is 0 Å². The number of fused-ring (bicyclic) bond motifs is 1. The molecule has 3 aromatic rings. The first-order valence-corrected chi connectivity index (χ1v) is 7.57. The number of aryl methyl sites for hydroxylation is 1. The quantitative estimate of drug-likeness (QED) is 0.755. The van der Waals surface area contributed by atoms with E-state index in [4.69, 9.17) is 4.74 Å². The second-order valence-corrected chi connectivity index (χ2v) is 5.31. The third-order valence-electron chi connectivity index (χ3n) is 3.61. The minimum atomic E-state index is -0.261. The van der Waals surface area contributed by atoms with Crippen LogP contribution < -0.4 is 15.6 Å². The molecule has 0 bridgehead atoms. The van der Waals surface area contributed by atoms with E-state index >= 15 is 0 Å². The molecule has 122 valence electrons. The van der Waals surface area contributed by atoms with Crippen LogP contribution in [0.5, 0.6) is 5.75 Å². The van der Waals surface area contributed by atoms with Crippen molar-refractivity contribution in [2.75, 3.05) is 12.4 Å². The van der Waals surface area contributed by atoms with E-state index in [9.17, 15) is 9.59 Å². The fraction of sp³-hybridized carbons (Fsp3) is 0.167. The van der Waals surface area contributed by atoms with Gasteiger partial charge in [0.15, 0.2) is 0 Å². The van der Waals surface area contributed by atoms with Crippen molar-refractivity contribution in [1.82, 2.24) is 9.97 Å². The van der Waals surface area contributed by atoms with E-state index in [2.05, 4.69) is 15.3 Å². The highest BCUT2D eigenvalue weighted by molar-refractivity contribution is 5.91. The Labute approximate surface area is 138 Å². The Balaban J connectivity index is 1.67. The van der Waals surface area contributed by atoms with Crippen LogP contribution in [-0.2, 0) is 11.2 Å². The molecular weight excluding hydrogens is 306 g/mol. The summed E-state index contributed by atoms with van der Waals surface area (Å²) in [6.45, 7) is 0. The third-order valence-corrected chi connectivity index (χ3v) is 3.61. The highest BCUT2D eigenvalue weighted by Gasteiger charge is 2.09. The normalized spacial score (nSPS) is 10.5. The second-order valence-electron chi connectivity index (χ2n) is 5.31. The molecule has 2 N–H and O–H groups in total. The molecule has 6 nitrogen and oxygen atoms in total. The third kappa shape index (κ3) is 3.60. The lowest BCUT2D eigenvalue weighted by Gasteiger charge is -2.07. The van der Waals surface area contributed by atoms with Crippen molar-refractivity contribution in [3.63, 3.8) is 0 Å². The van der Waals surface area contributed by atoms with Gasteiger partial charge in [0, 0.05) is 24.6 Å². The summed E-state index contributed by atoms with van der Waals surface area (Å²) < 4.78 is 5.12. The zero-order chi connectivity index (χ0) is 16.9. The van der Waals surface area contributed by atoms with Crippen molar-refractivity contribution in [2.24, 2.45) is 0 Å². The Hall–Kier alpha value is -3.15. The SMILES string of the molecule is COc1cccc(NC(=O)CCc2nc3ccccc3[nH]c2=O)c1. The number of carbonyl (C=O) groups excluding carboxylic acids is 1. The molecule has 2 aromatic carbocycles. The van der Waals surface area contributed by atoms with Crippen molar-refractivity contribution in [3.8, 4) is 5.75 Å². The number of rotatable bonds is 5. The Morgan fingerprint density at radius 1 is 1.21 bits per heavy atom. The van der Waals surface area contributed by atoms with Crippen LogP contribution in [-0.4, -0.2) is 23.0 Å². The number of H-pyrrole nitrogens is 1. The maximum absolute atomic E-state index is 12.1. The van der Waals surface area contributed by atoms with Gasteiger partial charge >= 0.3 is 0 Å². The highest BCUT2D eigenvalue weighted by Crippen LogP contribution is 2.17. The molecule has 0 radical (unpaired) electrons. The van der Waals surface area contributed by atoms with Crippen LogP contribution in [0, 0.1) is 0 Å². The molecular formula is C18H17N3O3. The lowest BCUT2D eigenvalue weighted by molar-refractivity contribution is -0.116. The number of aromatic nitrogens is 2. The number of nitrogens with zero attached hydrogens (tertiary/aromatic N) is 1. The first kappa shape index (κ1) is 15.7. The molecule has 0 saturated carbocycles. The Kier molecular flexibility index (Phi) is 4.56. The van der Waals surface area contributed by atoms with Crippen molar-refractivity contribution in [1.29, 1.82) is 0 Å². The zero-order valence-electron chi connectivity index (χ0n) is 13.2. The maximum Gasteiger partial charge on any atom is 0.270 e. The lowest BCUT2D eigenvalue weighted by atomic mass is 10.2. The summed E-state index contributed by atoms with van der Waals surface area (Å²) in [5.41, 5.74) is 2.14. The largest absolute Gasteiger partial charge is 0.497 e. The summed E-state index contributed by atoms with van der Waals surface area (Å²) in [4.78, 5) is 31.2. The number of benzene rings is 2. The van der Waals surface area contributed by atoms with E-state index in [1.807, 2.05) is 18.2 Å². The molecule has 1 aromatic heterocycles. The van der Waals surface area contributed by atoms with Crippen molar-refractivity contribution >= 4 is 22.6 Å². The summed E-state index contributed by atoms with van der Waals surface area (Å²) in [6.07, 6.45) is 0.446. The number of nitrogens with one attached hydrogen (secondary N) is 2. The molecule has 24 heavy (non-hydrogen) atoms. The number of hydrogen-bond acceptors (Lipinski definition) is 4. The number of methoxy groups -OCH3 is 1. The number of ether oxygens (including phenoxy) is 1. The molecule has 3 rings (SSSR count). The summed E-state index contributed by atoms with van der Waals surface area (Å²) in [6, 6.07) is 14.4. The molecule has 0 saturated heterocycles. The predicted molar refractivity (Wildman–Crippen MR) is 92.3 cm³/mol. The highest BCUT2D eigenvalue weighted by atomic mass is 16.5. The molecule has 0 unspecified atom stereocenters. The molecule has 0 fully saturated rings. The van der Waals surface area contributed by atoms with Gasteiger partial charge in [-0.3, -0.25) is 9.59 Å². The van der Waals surface area contributed by atoms with Gasteiger partial charge < -0.3 is 15.0 Å². The van der Waals surface area contributed by atoms with Gasteiger partial charge in [0.1, 0.15) is 11.4 Å². The Bertz CT molecular complexity index is 934. The van der Waals surface area contributed by atoms with Gasteiger partial charge in [-0.15, -0.1) is 0 Å². The minimum absolute atomic E-state index is 0.172. The number of hydrogen-bond donors (Lipinski definition) is 2. The maximum atomic E-state index is 12.1. The van der Waals surface area contributed by atoms with Crippen LogP contribution >= 0.6 is 0 Å². The summed E-state index contributed by atoms with van der Waals surface area (Å²) in [7, 11) is 1.57. The van der Waals surface area contributed by atoms with Gasteiger partial charge in [-0.05, 0) is 24.3 Å². The van der Waals surface area contributed by atoms with Gasteiger partial charge in [-0.25, -0.2) is 4.98 Å². The molecule has 0 aliphatic carbocycles. The van der Waals surface area contributed by atoms with Gasteiger partial charge in [0.2, 0.25) is 5.91 Å². The van der Waals surface area contributed by atoms with Crippen LogP contribution in [0.2, 0.25) is 0 Å². The molecule has 1 amide bonds. The van der Waals surface area contributed by atoms with Crippen molar-refractivity contribution in [2.45, 2.75) is 12.8 Å². The van der Waals surface area contributed by atoms with Crippen molar-refractivity contribution < 1.29 is 9.53 Å². The van der Waals surface area contributed by atoms with E-state index in [1.54, 1.807) is 37.4 Å². The summed E-state index contributed by atoms with van der Waals surface area (Å²) >= 11 is 0.